The zero-order valence-electron chi connectivity index (χ0n) is 9.25. The van der Waals surface area contributed by atoms with Gasteiger partial charge in [0.25, 0.3) is 0 Å². The predicted octanol–water partition coefficient (Wildman–Crippen LogP) is 3.13. The Morgan fingerprint density at radius 3 is 1.85 bits per heavy atom. The van der Waals surface area contributed by atoms with Gasteiger partial charge < -0.3 is 9.47 Å². The molecule has 0 aromatic carbocycles. The van der Waals surface area contributed by atoms with E-state index in [1.54, 1.807) is 6.26 Å². The van der Waals surface area contributed by atoms with Gasteiger partial charge in [-0.1, -0.05) is 0 Å². The first-order valence-electron chi connectivity index (χ1n) is 5.05. The van der Waals surface area contributed by atoms with Crippen LogP contribution in [0, 0.1) is 0 Å². The molecule has 0 amide bonds. The summed E-state index contributed by atoms with van der Waals surface area (Å²) in [5.74, 6) is 0. The van der Waals surface area contributed by atoms with Crippen LogP contribution in [0.25, 0.3) is 0 Å². The van der Waals surface area contributed by atoms with Crippen molar-refractivity contribution in [3.8, 4) is 0 Å². The Bertz CT molecular complexity index is 114. The molecular weight excluding hydrogens is 164 g/mol. The van der Waals surface area contributed by atoms with Crippen molar-refractivity contribution < 1.29 is 9.47 Å². The van der Waals surface area contributed by atoms with Gasteiger partial charge in [0.1, 0.15) is 0 Å². The van der Waals surface area contributed by atoms with Gasteiger partial charge in [0.05, 0.1) is 25.1 Å². The van der Waals surface area contributed by atoms with Crippen LogP contribution in [0.5, 0.6) is 0 Å². The minimum atomic E-state index is 0.375. The van der Waals surface area contributed by atoms with Crippen molar-refractivity contribution in [1.82, 2.24) is 0 Å². The van der Waals surface area contributed by atoms with Crippen LogP contribution in [0.15, 0.2) is 12.3 Å². The van der Waals surface area contributed by atoms with Crippen molar-refractivity contribution in [3.05, 3.63) is 12.3 Å². The van der Waals surface area contributed by atoms with Crippen LogP contribution in [-0.4, -0.2) is 18.8 Å². The summed E-state index contributed by atoms with van der Waals surface area (Å²) in [5.41, 5.74) is 0. The lowest BCUT2D eigenvalue weighted by molar-refractivity contribution is 0.0300. The summed E-state index contributed by atoms with van der Waals surface area (Å²) in [5, 5.41) is 0. The first kappa shape index (κ1) is 12.5. The molecule has 0 aromatic heterocycles. The van der Waals surface area contributed by atoms with Crippen LogP contribution in [0.3, 0.4) is 0 Å². The van der Waals surface area contributed by atoms with Crippen molar-refractivity contribution in [2.75, 3.05) is 6.61 Å². The fourth-order valence-electron chi connectivity index (χ4n) is 1.03. The molecule has 0 saturated heterocycles. The zero-order chi connectivity index (χ0) is 10.1. The normalized spacial score (nSPS) is 15.2. The monoisotopic (exact) mass is 186 g/mol. The van der Waals surface area contributed by atoms with E-state index in [4.69, 9.17) is 9.47 Å². The molecule has 1 heterocycles. The Morgan fingerprint density at radius 1 is 1.15 bits per heavy atom. The number of rotatable bonds is 2. The second-order valence-corrected chi connectivity index (χ2v) is 3.62. The Labute approximate surface area is 81.9 Å². The molecule has 13 heavy (non-hydrogen) atoms. The van der Waals surface area contributed by atoms with Gasteiger partial charge in [-0.2, -0.15) is 0 Å². The van der Waals surface area contributed by atoms with Gasteiger partial charge in [-0.3, -0.25) is 0 Å². The Morgan fingerprint density at radius 2 is 1.77 bits per heavy atom. The molecule has 78 valence electrons. The highest BCUT2D eigenvalue weighted by Gasteiger charge is 1.94. The highest BCUT2D eigenvalue weighted by atomic mass is 16.5. The van der Waals surface area contributed by atoms with Crippen molar-refractivity contribution in [2.45, 2.75) is 52.7 Å². The summed E-state index contributed by atoms with van der Waals surface area (Å²) in [6, 6.07) is 0. The molecule has 0 spiro atoms. The van der Waals surface area contributed by atoms with E-state index in [1.807, 2.05) is 33.8 Å². The average Bonchev–Trinajstić information content (AvgIpc) is 2.06. The maximum absolute atomic E-state index is 5.25. The summed E-state index contributed by atoms with van der Waals surface area (Å²) >= 11 is 0. The molecule has 1 rings (SSSR count). The Balaban J connectivity index is 0.000000223. The number of ether oxygens (including phenoxy) is 2. The maximum Gasteiger partial charge on any atom is 0.0876 e. The molecule has 0 atom stereocenters. The van der Waals surface area contributed by atoms with Crippen LogP contribution >= 0.6 is 0 Å². The molecule has 0 aromatic rings. The second kappa shape index (κ2) is 8.11. The van der Waals surface area contributed by atoms with E-state index in [2.05, 4.69) is 0 Å². The van der Waals surface area contributed by atoms with E-state index in [9.17, 15) is 0 Å². The minimum absolute atomic E-state index is 0.375. The molecule has 2 nitrogen and oxygen atoms in total. The molecule has 0 saturated carbocycles. The molecule has 0 radical (unpaired) electrons. The van der Waals surface area contributed by atoms with Gasteiger partial charge in [0, 0.05) is 0 Å². The van der Waals surface area contributed by atoms with Gasteiger partial charge >= 0.3 is 0 Å². The smallest absolute Gasteiger partial charge is 0.0876 e. The van der Waals surface area contributed by atoms with Crippen LogP contribution in [0.4, 0.5) is 0 Å². The van der Waals surface area contributed by atoms with Gasteiger partial charge in [-0.15, -0.1) is 0 Å². The quantitative estimate of drug-likeness (QED) is 0.659. The van der Waals surface area contributed by atoms with Crippen LogP contribution in [0.1, 0.15) is 40.5 Å². The van der Waals surface area contributed by atoms with Gasteiger partial charge in [-0.25, -0.2) is 0 Å². The molecule has 2 heteroatoms. The van der Waals surface area contributed by atoms with Crippen molar-refractivity contribution in [1.29, 1.82) is 0 Å². The predicted molar refractivity (Wildman–Crippen MR) is 55.7 cm³/mol. The maximum atomic E-state index is 5.25. The van der Waals surface area contributed by atoms with Crippen LogP contribution in [0.2, 0.25) is 0 Å². The van der Waals surface area contributed by atoms with Gasteiger partial charge in [0.15, 0.2) is 0 Å². The van der Waals surface area contributed by atoms with Gasteiger partial charge in [0.2, 0.25) is 0 Å². The molecule has 0 N–H and O–H groups in total. The molecule has 0 aliphatic carbocycles. The molecule has 1 aliphatic rings. The number of hydrogen-bond donors (Lipinski definition) is 0. The van der Waals surface area contributed by atoms with Crippen LogP contribution in [-0.2, 0) is 9.47 Å². The fraction of sp³-hybridized carbons (Fsp3) is 0.818. The summed E-state index contributed by atoms with van der Waals surface area (Å²) in [6.45, 7) is 9.08. The lowest BCUT2D eigenvalue weighted by atomic mass is 10.3. The van der Waals surface area contributed by atoms with E-state index < -0.39 is 0 Å². The molecular formula is C11H22O2. The van der Waals surface area contributed by atoms with Crippen molar-refractivity contribution in [2.24, 2.45) is 0 Å². The van der Waals surface area contributed by atoms with E-state index in [-0.39, 0.29) is 0 Å². The summed E-state index contributed by atoms with van der Waals surface area (Å²) in [4.78, 5) is 0. The minimum Gasteiger partial charge on any atom is -0.502 e. The highest BCUT2D eigenvalue weighted by Crippen LogP contribution is 1.98. The lowest BCUT2D eigenvalue weighted by Gasteiger charge is -2.09. The third-order valence-electron chi connectivity index (χ3n) is 1.37. The third-order valence-corrected chi connectivity index (χ3v) is 1.37. The summed E-state index contributed by atoms with van der Waals surface area (Å²) in [6.07, 6.45) is 6.95. The van der Waals surface area contributed by atoms with E-state index in [1.165, 1.54) is 12.8 Å². The molecule has 0 fully saturated rings. The second-order valence-electron chi connectivity index (χ2n) is 3.62. The molecule has 0 bridgehead atoms. The van der Waals surface area contributed by atoms with E-state index in [0.29, 0.717) is 12.2 Å². The van der Waals surface area contributed by atoms with E-state index >= 15 is 0 Å². The van der Waals surface area contributed by atoms with Crippen LogP contribution < -0.4 is 0 Å². The molecule has 1 aliphatic heterocycles. The summed E-state index contributed by atoms with van der Waals surface area (Å²) < 4.78 is 10.1. The van der Waals surface area contributed by atoms with Gasteiger partial charge in [-0.05, 0) is 46.6 Å². The fourth-order valence-corrected chi connectivity index (χ4v) is 1.03. The SMILES string of the molecule is C1=COCCC1.CC(C)OC(C)C. The number of allylic oxidation sites excluding steroid dienone is 1. The topological polar surface area (TPSA) is 18.5 Å². The first-order chi connectivity index (χ1) is 6.13. The first-order valence-corrected chi connectivity index (χ1v) is 5.05. The lowest BCUT2D eigenvalue weighted by Crippen LogP contribution is -2.09. The van der Waals surface area contributed by atoms with Crippen molar-refractivity contribution in [3.63, 3.8) is 0 Å². The standard InChI is InChI=1S/C6H14O.C5H8O/c1-5(2)7-6(3)4;1-2-4-6-5-3-1/h5-6H,1-4H3;2,4H,1,3,5H2. The van der Waals surface area contributed by atoms with E-state index in [0.717, 1.165) is 6.61 Å². The Hall–Kier alpha value is -0.500. The highest BCUT2D eigenvalue weighted by molar-refractivity contribution is 4.76. The number of hydrogen-bond acceptors (Lipinski definition) is 2. The average molecular weight is 186 g/mol. The molecule has 0 unspecified atom stereocenters. The largest absolute Gasteiger partial charge is 0.502 e. The third kappa shape index (κ3) is 11.5. The summed E-state index contributed by atoms with van der Waals surface area (Å²) in [7, 11) is 0. The Kier molecular flexibility index (Phi) is 7.80. The zero-order valence-corrected chi connectivity index (χ0v) is 9.25. The van der Waals surface area contributed by atoms with Crippen molar-refractivity contribution >= 4 is 0 Å².